The summed E-state index contributed by atoms with van der Waals surface area (Å²) < 4.78 is 10.4. The van der Waals surface area contributed by atoms with E-state index < -0.39 is 23.7 Å². The monoisotopic (exact) mass is 493 g/mol. The van der Waals surface area contributed by atoms with E-state index in [1.807, 2.05) is 6.92 Å². The van der Waals surface area contributed by atoms with Crippen LogP contribution < -0.4 is 9.64 Å². The molecule has 0 spiro atoms. The summed E-state index contributed by atoms with van der Waals surface area (Å²) in [5.41, 5.74) is 1.89. The van der Waals surface area contributed by atoms with Crippen molar-refractivity contribution in [2.24, 2.45) is 0 Å². The molecule has 35 heavy (non-hydrogen) atoms. The van der Waals surface area contributed by atoms with Crippen LogP contribution in [0.3, 0.4) is 0 Å². The van der Waals surface area contributed by atoms with Crippen molar-refractivity contribution in [3.63, 3.8) is 0 Å². The number of pyridine rings is 1. The van der Waals surface area contributed by atoms with Crippen molar-refractivity contribution in [1.82, 2.24) is 9.97 Å². The van der Waals surface area contributed by atoms with Gasteiger partial charge in [-0.15, -0.1) is 0 Å². The van der Waals surface area contributed by atoms with Crippen LogP contribution >= 0.6 is 11.3 Å². The average molecular weight is 494 g/mol. The van der Waals surface area contributed by atoms with Gasteiger partial charge in [0.15, 0.2) is 5.13 Å². The number of thiazole rings is 1. The van der Waals surface area contributed by atoms with Crippen LogP contribution in [-0.4, -0.2) is 46.5 Å². The summed E-state index contributed by atoms with van der Waals surface area (Å²) in [4.78, 5) is 48.8. The number of anilines is 1. The van der Waals surface area contributed by atoms with E-state index >= 15 is 0 Å². The van der Waals surface area contributed by atoms with E-state index in [2.05, 4.69) is 9.97 Å². The van der Waals surface area contributed by atoms with Gasteiger partial charge >= 0.3 is 11.9 Å². The molecule has 1 saturated heterocycles. The van der Waals surface area contributed by atoms with Gasteiger partial charge in [0.05, 0.1) is 31.0 Å². The van der Waals surface area contributed by atoms with E-state index in [0.29, 0.717) is 22.6 Å². The fourth-order valence-electron chi connectivity index (χ4n) is 3.94. The summed E-state index contributed by atoms with van der Waals surface area (Å²) >= 11 is 0.952. The van der Waals surface area contributed by atoms with Gasteiger partial charge in [0.1, 0.15) is 16.4 Å². The van der Waals surface area contributed by atoms with Crippen molar-refractivity contribution in [3.8, 4) is 5.75 Å². The number of Topliss-reactive ketones (excluding diaryl/α,β-unsaturated/α-hetero) is 1. The first kappa shape index (κ1) is 24.1. The molecule has 1 aromatic carbocycles. The van der Waals surface area contributed by atoms with Gasteiger partial charge in [-0.1, -0.05) is 17.4 Å². The highest BCUT2D eigenvalue weighted by Crippen LogP contribution is 2.44. The standard InChI is InChI=1S/C25H23N3O6S/c1-5-34-24(32)22-14(3)27-25(35-22)28-19(16-7-6-10-26-12-16)18(21(30)23(28)31)20(29)15-8-9-17(33-4)13(2)11-15/h6-12,19,29H,5H2,1-4H3/t19-/m0/s1. The van der Waals surface area contributed by atoms with Gasteiger partial charge < -0.3 is 14.6 Å². The Labute approximate surface area is 205 Å². The van der Waals surface area contributed by atoms with Gasteiger partial charge in [0.2, 0.25) is 0 Å². The van der Waals surface area contributed by atoms with Crippen LogP contribution in [0, 0.1) is 13.8 Å². The lowest BCUT2D eigenvalue weighted by Crippen LogP contribution is -2.29. The van der Waals surface area contributed by atoms with Gasteiger partial charge in [0, 0.05) is 18.0 Å². The van der Waals surface area contributed by atoms with Gasteiger partial charge in [0.25, 0.3) is 5.78 Å². The number of rotatable bonds is 6. The zero-order valence-corrected chi connectivity index (χ0v) is 20.4. The first-order chi connectivity index (χ1) is 16.8. The highest BCUT2D eigenvalue weighted by Gasteiger charge is 2.48. The Hall–Kier alpha value is -4.05. The molecule has 0 radical (unpaired) electrons. The fraction of sp³-hybridized carbons (Fsp3) is 0.240. The maximum atomic E-state index is 13.3. The van der Waals surface area contributed by atoms with E-state index in [-0.39, 0.29) is 27.9 Å². The second-order valence-corrected chi connectivity index (χ2v) is 8.75. The maximum Gasteiger partial charge on any atom is 0.350 e. The summed E-state index contributed by atoms with van der Waals surface area (Å²) in [7, 11) is 1.54. The minimum Gasteiger partial charge on any atom is -0.507 e. The number of hydrogen-bond acceptors (Lipinski definition) is 9. The van der Waals surface area contributed by atoms with Crippen LogP contribution in [0.15, 0.2) is 48.3 Å². The molecule has 1 amide bonds. The van der Waals surface area contributed by atoms with Gasteiger partial charge in [-0.2, -0.15) is 0 Å². The summed E-state index contributed by atoms with van der Waals surface area (Å²) in [6, 6.07) is 7.34. The molecule has 3 aromatic rings. The number of ether oxygens (including phenoxy) is 2. The normalized spacial score (nSPS) is 17.0. The number of nitrogens with zero attached hydrogens (tertiary/aromatic N) is 3. The Kier molecular flexibility index (Phi) is 6.65. The number of aliphatic hydroxyl groups is 1. The average Bonchev–Trinajstić information content (AvgIpc) is 3.36. The highest BCUT2D eigenvalue weighted by atomic mass is 32.1. The third-order valence-corrected chi connectivity index (χ3v) is 6.70. The third kappa shape index (κ3) is 4.28. The highest BCUT2D eigenvalue weighted by molar-refractivity contribution is 7.17. The van der Waals surface area contributed by atoms with Crippen LogP contribution in [0.5, 0.6) is 5.75 Å². The molecule has 0 bridgehead atoms. The molecule has 0 unspecified atom stereocenters. The number of carbonyl (C=O) groups excluding carboxylic acids is 3. The van der Waals surface area contributed by atoms with Crippen molar-refractivity contribution >= 4 is 39.9 Å². The SMILES string of the molecule is CCOC(=O)c1sc(N2C(=O)C(=O)C(=C(O)c3ccc(OC)c(C)c3)[C@@H]2c2cccnc2)nc1C. The Balaban J connectivity index is 1.89. The second kappa shape index (κ2) is 9.67. The third-order valence-electron chi connectivity index (χ3n) is 5.57. The molecule has 10 heteroatoms. The molecule has 1 N–H and O–H groups in total. The first-order valence-corrected chi connectivity index (χ1v) is 11.6. The van der Waals surface area contributed by atoms with Crippen LogP contribution in [0.2, 0.25) is 0 Å². The summed E-state index contributed by atoms with van der Waals surface area (Å²) in [6.07, 6.45) is 3.08. The number of aryl methyl sites for hydroxylation is 2. The van der Waals surface area contributed by atoms with Gasteiger partial charge in [-0.05, 0) is 56.2 Å². The Morgan fingerprint density at radius 1 is 1.23 bits per heavy atom. The van der Waals surface area contributed by atoms with Crippen molar-refractivity contribution in [2.45, 2.75) is 26.8 Å². The molecule has 1 atom stereocenters. The quantitative estimate of drug-likeness (QED) is 0.237. The molecule has 1 aliphatic heterocycles. The van der Waals surface area contributed by atoms with E-state index in [9.17, 15) is 19.5 Å². The smallest absolute Gasteiger partial charge is 0.350 e. The molecular formula is C25H23N3O6S. The van der Waals surface area contributed by atoms with Gasteiger partial charge in [-0.25, -0.2) is 9.78 Å². The topological polar surface area (TPSA) is 119 Å². The van der Waals surface area contributed by atoms with E-state index in [1.165, 1.54) is 18.2 Å². The van der Waals surface area contributed by atoms with E-state index in [4.69, 9.17) is 9.47 Å². The Morgan fingerprint density at radius 2 is 2.00 bits per heavy atom. The summed E-state index contributed by atoms with van der Waals surface area (Å²) in [5.74, 6) is -2.00. The Bertz CT molecular complexity index is 1350. The number of aliphatic hydroxyl groups excluding tert-OH is 1. The largest absolute Gasteiger partial charge is 0.507 e. The maximum absolute atomic E-state index is 13.3. The lowest BCUT2D eigenvalue weighted by atomic mass is 9.96. The molecule has 1 aliphatic rings. The van der Waals surface area contributed by atoms with Crippen molar-refractivity contribution in [2.75, 3.05) is 18.6 Å². The number of esters is 1. The molecule has 4 rings (SSSR count). The van der Waals surface area contributed by atoms with Crippen molar-refractivity contribution in [1.29, 1.82) is 0 Å². The molecule has 1 fully saturated rings. The molecule has 0 saturated carbocycles. The molecule has 180 valence electrons. The minimum atomic E-state index is -0.994. The fourth-order valence-corrected chi connectivity index (χ4v) is 4.92. The second-order valence-electron chi connectivity index (χ2n) is 7.77. The summed E-state index contributed by atoms with van der Waals surface area (Å²) in [5, 5.41) is 11.4. The van der Waals surface area contributed by atoms with Crippen LogP contribution in [0.1, 0.15) is 45.0 Å². The van der Waals surface area contributed by atoms with Crippen LogP contribution in [0.25, 0.3) is 5.76 Å². The van der Waals surface area contributed by atoms with Crippen molar-refractivity contribution in [3.05, 3.63) is 75.6 Å². The number of aromatic nitrogens is 2. The summed E-state index contributed by atoms with van der Waals surface area (Å²) in [6.45, 7) is 5.31. The molecule has 3 heterocycles. The van der Waals surface area contributed by atoms with Crippen LogP contribution in [-0.2, 0) is 14.3 Å². The number of benzene rings is 1. The number of amides is 1. The van der Waals surface area contributed by atoms with Gasteiger partial charge in [-0.3, -0.25) is 19.5 Å². The number of hydrogen-bond donors (Lipinski definition) is 1. The lowest BCUT2D eigenvalue weighted by molar-refractivity contribution is -0.132. The van der Waals surface area contributed by atoms with E-state index in [0.717, 1.165) is 16.9 Å². The van der Waals surface area contributed by atoms with E-state index in [1.54, 1.807) is 50.4 Å². The number of ketones is 1. The minimum absolute atomic E-state index is 0.0990. The predicted molar refractivity (Wildman–Crippen MR) is 130 cm³/mol. The molecule has 0 aliphatic carbocycles. The zero-order chi connectivity index (χ0) is 25.3. The Morgan fingerprint density at radius 3 is 2.63 bits per heavy atom. The molecular weight excluding hydrogens is 470 g/mol. The lowest BCUT2D eigenvalue weighted by Gasteiger charge is -2.22. The van der Waals surface area contributed by atoms with Crippen LogP contribution in [0.4, 0.5) is 5.13 Å². The zero-order valence-electron chi connectivity index (χ0n) is 19.6. The molecule has 2 aromatic heterocycles. The molecule has 9 nitrogen and oxygen atoms in total. The predicted octanol–water partition coefficient (Wildman–Crippen LogP) is 3.97. The number of carbonyl (C=O) groups is 3. The first-order valence-electron chi connectivity index (χ1n) is 10.8. The number of methoxy groups -OCH3 is 1. The van der Waals surface area contributed by atoms with Crippen molar-refractivity contribution < 1.29 is 29.0 Å².